The van der Waals surface area contributed by atoms with E-state index in [1.165, 1.54) is 10.5 Å². The largest absolute Gasteiger partial charge is 0.493 e. The fourth-order valence-electron chi connectivity index (χ4n) is 3.34. The average Bonchev–Trinajstić information content (AvgIpc) is 2.73. The van der Waals surface area contributed by atoms with Gasteiger partial charge in [0.2, 0.25) is 10.0 Å². The Morgan fingerprint density at radius 3 is 2.38 bits per heavy atom. The molecule has 9 heteroatoms. The minimum absolute atomic E-state index is 0.221. The molecule has 0 aliphatic carbocycles. The third-order valence-corrected chi connectivity index (χ3v) is 6.99. The number of hydrogen-bond acceptors (Lipinski definition) is 7. The number of rotatable bonds is 7. The highest BCUT2D eigenvalue weighted by atomic mass is 32.2. The van der Waals surface area contributed by atoms with Crippen molar-refractivity contribution >= 4 is 15.8 Å². The molecule has 158 valence electrons. The standard InChI is InChI=1S/C20H28N4O4S/c1-22-10-12-24(13-11-22)29(25,26)17-8-9-19(21-14-17)23(2)15-16-6-5-7-18(27-3)20(16)28-4/h5-9,14H,10-13,15H2,1-4H3. The highest BCUT2D eigenvalue weighted by Gasteiger charge is 2.27. The Balaban J connectivity index is 1.75. The minimum Gasteiger partial charge on any atom is -0.493 e. The molecule has 29 heavy (non-hydrogen) atoms. The van der Waals surface area contributed by atoms with Crippen LogP contribution in [-0.2, 0) is 16.6 Å². The van der Waals surface area contributed by atoms with Crippen molar-refractivity contribution in [3.8, 4) is 11.5 Å². The van der Waals surface area contributed by atoms with E-state index in [9.17, 15) is 8.42 Å². The van der Waals surface area contributed by atoms with Crippen LogP contribution in [0.5, 0.6) is 11.5 Å². The van der Waals surface area contributed by atoms with E-state index in [-0.39, 0.29) is 4.90 Å². The van der Waals surface area contributed by atoms with Gasteiger partial charge in [0.1, 0.15) is 10.7 Å². The summed E-state index contributed by atoms with van der Waals surface area (Å²) in [4.78, 5) is 8.66. The molecular weight excluding hydrogens is 392 g/mol. The van der Waals surface area contributed by atoms with Gasteiger partial charge in [-0.1, -0.05) is 12.1 Å². The predicted molar refractivity (Wildman–Crippen MR) is 112 cm³/mol. The monoisotopic (exact) mass is 420 g/mol. The lowest BCUT2D eigenvalue weighted by molar-refractivity contribution is 0.222. The van der Waals surface area contributed by atoms with Crippen LogP contribution in [0.25, 0.3) is 0 Å². The van der Waals surface area contributed by atoms with Crippen LogP contribution >= 0.6 is 0 Å². The van der Waals surface area contributed by atoms with Crippen LogP contribution in [0.3, 0.4) is 0 Å². The molecule has 0 spiro atoms. The van der Waals surface area contributed by atoms with Crippen LogP contribution in [0.4, 0.5) is 5.82 Å². The second-order valence-electron chi connectivity index (χ2n) is 7.07. The van der Waals surface area contributed by atoms with Crippen molar-refractivity contribution in [1.82, 2.24) is 14.2 Å². The smallest absolute Gasteiger partial charge is 0.244 e. The Hall–Kier alpha value is -2.36. The van der Waals surface area contributed by atoms with E-state index in [4.69, 9.17) is 9.47 Å². The van der Waals surface area contributed by atoms with Crippen LogP contribution in [0.15, 0.2) is 41.4 Å². The van der Waals surface area contributed by atoms with Gasteiger partial charge >= 0.3 is 0 Å². The van der Waals surface area contributed by atoms with Crippen LogP contribution in [0, 0.1) is 0 Å². The molecule has 0 amide bonds. The Morgan fingerprint density at radius 2 is 1.79 bits per heavy atom. The summed E-state index contributed by atoms with van der Waals surface area (Å²) in [6, 6.07) is 9.07. The molecule has 1 saturated heterocycles. The zero-order valence-corrected chi connectivity index (χ0v) is 18.1. The summed E-state index contributed by atoms with van der Waals surface area (Å²) in [6.45, 7) is 3.00. The van der Waals surface area contributed by atoms with Crippen LogP contribution in [-0.4, -0.2) is 77.1 Å². The fraction of sp³-hybridized carbons (Fsp3) is 0.450. The lowest BCUT2D eigenvalue weighted by atomic mass is 10.1. The van der Waals surface area contributed by atoms with E-state index < -0.39 is 10.0 Å². The molecule has 0 radical (unpaired) electrons. The number of methoxy groups -OCH3 is 2. The molecule has 0 bridgehead atoms. The van der Waals surface area contributed by atoms with E-state index in [1.54, 1.807) is 26.4 Å². The maximum atomic E-state index is 12.8. The summed E-state index contributed by atoms with van der Waals surface area (Å²) in [5.74, 6) is 2.02. The first kappa shape index (κ1) is 21.4. The number of piperazine rings is 1. The minimum atomic E-state index is -3.52. The van der Waals surface area contributed by atoms with Gasteiger partial charge < -0.3 is 19.3 Å². The van der Waals surface area contributed by atoms with Gasteiger partial charge in [-0.3, -0.25) is 0 Å². The van der Waals surface area contributed by atoms with Crippen molar-refractivity contribution in [2.24, 2.45) is 0 Å². The maximum Gasteiger partial charge on any atom is 0.244 e. The predicted octanol–water partition coefficient (Wildman–Crippen LogP) is 1.67. The number of likely N-dealkylation sites (N-methyl/N-ethyl adjacent to an activating group) is 1. The molecule has 0 saturated carbocycles. The van der Waals surface area contributed by atoms with Gasteiger partial charge in [0, 0.05) is 51.5 Å². The lowest BCUT2D eigenvalue weighted by Gasteiger charge is -2.31. The van der Waals surface area contributed by atoms with Gasteiger partial charge in [-0.25, -0.2) is 13.4 Å². The van der Waals surface area contributed by atoms with Crippen molar-refractivity contribution in [2.75, 3.05) is 59.4 Å². The number of hydrogen-bond donors (Lipinski definition) is 0. The van der Waals surface area contributed by atoms with Crippen LogP contribution in [0.1, 0.15) is 5.56 Å². The average molecular weight is 421 g/mol. The zero-order chi connectivity index (χ0) is 21.0. The van der Waals surface area contributed by atoms with Gasteiger partial charge in [-0.15, -0.1) is 0 Å². The zero-order valence-electron chi connectivity index (χ0n) is 17.3. The molecule has 1 aliphatic rings. The Kier molecular flexibility index (Phi) is 6.61. The van der Waals surface area contributed by atoms with Crippen molar-refractivity contribution in [2.45, 2.75) is 11.4 Å². The third-order valence-electron chi connectivity index (χ3n) is 5.10. The first-order valence-electron chi connectivity index (χ1n) is 9.42. The first-order chi connectivity index (χ1) is 13.9. The molecule has 1 fully saturated rings. The quantitative estimate of drug-likeness (QED) is 0.674. The van der Waals surface area contributed by atoms with E-state index in [0.29, 0.717) is 37.0 Å². The van der Waals surface area contributed by atoms with Crippen molar-refractivity contribution in [1.29, 1.82) is 0 Å². The Morgan fingerprint density at radius 1 is 1.07 bits per heavy atom. The first-order valence-corrected chi connectivity index (χ1v) is 10.9. The highest BCUT2D eigenvalue weighted by Crippen LogP contribution is 2.32. The van der Waals surface area contributed by atoms with E-state index in [2.05, 4.69) is 9.88 Å². The number of sulfonamides is 1. The molecule has 0 unspecified atom stereocenters. The van der Waals surface area contributed by atoms with Gasteiger partial charge in [0.05, 0.1) is 14.2 Å². The van der Waals surface area contributed by atoms with Gasteiger partial charge in [0.25, 0.3) is 0 Å². The number of ether oxygens (including phenoxy) is 2. The normalized spacial score (nSPS) is 15.9. The molecule has 8 nitrogen and oxygen atoms in total. The molecule has 1 aromatic heterocycles. The van der Waals surface area contributed by atoms with Gasteiger partial charge in [-0.05, 0) is 25.2 Å². The Bertz CT molecular complexity index is 926. The van der Waals surface area contributed by atoms with Crippen LogP contribution < -0.4 is 14.4 Å². The molecular formula is C20H28N4O4S. The summed E-state index contributed by atoms with van der Waals surface area (Å²) in [5, 5.41) is 0. The van der Waals surface area contributed by atoms with Crippen molar-refractivity contribution < 1.29 is 17.9 Å². The number of pyridine rings is 1. The van der Waals surface area contributed by atoms with Crippen molar-refractivity contribution in [3.63, 3.8) is 0 Å². The summed E-state index contributed by atoms with van der Waals surface area (Å²) in [5.41, 5.74) is 0.949. The molecule has 1 aromatic carbocycles. The second-order valence-corrected chi connectivity index (χ2v) is 9.01. The Labute approximate surface area is 172 Å². The summed E-state index contributed by atoms with van der Waals surface area (Å²) < 4.78 is 38.0. The number of benzene rings is 1. The molecule has 0 N–H and O–H groups in total. The molecule has 3 rings (SSSR count). The van der Waals surface area contributed by atoms with Crippen molar-refractivity contribution in [3.05, 3.63) is 42.1 Å². The van der Waals surface area contributed by atoms with Gasteiger partial charge in [-0.2, -0.15) is 4.31 Å². The molecule has 2 aromatic rings. The highest BCUT2D eigenvalue weighted by molar-refractivity contribution is 7.89. The third kappa shape index (κ3) is 4.63. The van der Waals surface area contributed by atoms with Gasteiger partial charge in [0.15, 0.2) is 11.5 Å². The summed E-state index contributed by atoms with van der Waals surface area (Å²) in [6.07, 6.45) is 1.43. The number of nitrogens with zero attached hydrogens (tertiary/aromatic N) is 4. The summed E-state index contributed by atoms with van der Waals surface area (Å²) in [7, 11) is 3.59. The van der Waals surface area contributed by atoms with E-state index in [1.807, 2.05) is 37.2 Å². The number of para-hydroxylation sites is 1. The summed E-state index contributed by atoms with van der Waals surface area (Å²) >= 11 is 0. The van der Waals surface area contributed by atoms with E-state index in [0.717, 1.165) is 18.7 Å². The van der Waals surface area contributed by atoms with E-state index >= 15 is 0 Å². The SMILES string of the molecule is COc1cccc(CN(C)c2ccc(S(=O)(=O)N3CCN(C)CC3)cn2)c1OC. The maximum absolute atomic E-state index is 12.8. The lowest BCUT2D eigenvalue weighted by Crippen LogP contribution is -2.47. The van der Waals surface area contributed by atoms with Crippen LogP contribution in [0.2, 0.25) is 0 Å². The molecule has 1 aliphatic heterocycles. The number of aromatic nitrogens is 1. The second kappa shape index (κ2) is 8.98. The topological polar surface area (TPSA) is 75.2 Å². The molecule has 0 atom stereocenters. The number of anilines is 1. The fourth-order valence-corrected chi connectivity index (χ4v) is 4.71. The molecule has 2 heterocycles.